The molecule has 0 radical (unpaired) electrons. The van der Waals surface area contributed by atoms with E-state index < -0.39 is 0 Å². The Morgan fingerprint density at radius 3 is 1.55 bits per heavy atom. The number of rotatable bonds is 9. The Morgan fingerprint density at radius 2 is 1.17 bits per heavy atom. The first kappa shape index (κ1) is 22.2. The normalized spacial score (nSPS) is 12.8. The molecule has 0 saturated carbocycles. The molecule has 2 aromatic rings. The maximum Gasteiger partial charge on any atom is 0.200 e. The van der Waals surface area contributed by atoms with Gasteiger partial charge in [0.05, 0.1) is 28.4 Å². The van der Waals surface area contributed by atoms with E-state index in [0.29, 0.717) is 23.5 Å². The van der Waals surface area contributed by atoms with Gasteiger partial charge in [0, 0.05) is 11.5 Å². The molecule has 0 saturated heterocycles. The SMILES string of the molecule is COc1cc(CC(C)C(C)C(=O)c2cc(OC)c(O)c(OC)c2)cc(OC)c1O. The summed E-state index contributed by atoms with van der Waals surface area (Å²) in [7, 11) is 5.78. The second kappa shape index (κ2) is 9.41. The number of aromatic hydroxyl groups is 2. The van der Waals surface area contributed by atoms with E-state index in [0.717, 1.165) is 5.56 Å². The van der Waals surface area contributed by atoms with Crippen LogP contribution in [0.3, 0.4) is 0 Å². The zero-order valence-electron chi connectivity index (χ0n) is 17.6. The summed E-state index contributed by atoms with van der Waals surface area (Å²) in [4.78, 5) is 13.0. The van der Waals surface area contributed by atoms with Crippen molar-refractivity contribution in [2.45, 2.75) is 20.3 Å². The van der Waals surface area contributed by atoms with Crippen LogP contribution < -0.4 is 18.9 Å². The summed E-state index contributed by atoms with van der Waals surface area (Å²) in [5.74, 6) is 0.367. The predicted molar refractivity (Wildman–Crippen MR) is 109 cm³/mol. The van der Waals surface area contributed by atoms with Gasteiger partial charge in [0.2, 0.25) is 11.5 Å². The zero-order chi connectivity index (χ0) is 21.7. The molecule has 0 amide bonds. The number of ether oxygens (including phenoxy) is 4. The summed E-state index contributed by atoms with van der Waals surface area (Å²) in [6.07, 6.45) is 0.576. The number of hydrogen-bond donors (Lipinski definition) is 2. The molecule has 2 atom stereocenters. The molecular weight excluding hydrogens is 376 g/mol. The smallest absolute Gasteiger partial charge is 0.200 e. The van der Waals surface area contributed by atoms with Gasteiger partial charge in [-0.15, -0.1) is 0 Å². The summed E-state index contributed by atoms with van der Waals surface area (Å²) < 4.78 is 20.7. The fourth-order valence-electron chi connectivity index (χ4n) is 3.17. The fourth-order valence-corrected chi connectivity index (χ4v) is 3.17. The molecular formula is C22H28O7. The highest BCUT2D eigenvalue weighted by Crippen LogP contribution is 2.39. The van der Waals surface area contributed by atoms with Crippen LogP contribution in [0.1, 0.15) is 29.8 Å². The highest BCUT2D eigenvalue weighted by Gasteiger charge is 2.25. The van der Waals surface area contributed by atoms with Crippen LogP contribution in [0, 0.1) is 11.8 Å². The summed E-state index contributed by atoms with van der Waals surface area (Å²) >= 11 is 0. The quantitative estimate of drug-likeness (QED) is 0.613. The van der Waals surface area contributed by atoms with E-state index >= 15 is 0 Å². The first-order valence-electron chi connectivity index (χ1n) is 9.20. The molecule has 0 aliphatic rings. The lowest BCUT2D eigenvalue weighted by Gasteiger charge is -2.21. The molecule has 0 fully saturated rings. The molecule has 2 rings (SSSR count). The van der Waals surface area contributed by atoms with E-state index in [2.05, 4.69) is 0 Å². The molecule has 0 aliphatic heterocycles. The molecule has 2 unspecified atom stereocenters. The van der Waals surface area contributed by atoms with Crippen molar-refractivity contribution in [2.75, 3.05) is 28.4 Å². The van der Waals surface area contributed by atoms with Crippen molar-refractivity contribution in [2.24, 2.45) is 11.8 Å². The lowest BCUT2D eigenvalue weighted by molar-refractivity contribution is 0.0892. The Balaban J connectivity index is 2.26. The Morgan fingerprint density at radius 1 is 0.793 bits per heavy atom. The monoisotopic (exact) mass is 404 g/mol. The van der Waals surface area contributed by atoms with Crippen molar-refractivity contribution in [3.05, 3.63) is 35.4 Å². The van der Waals surface area contributed by atoms with Crippen LogP contribution in [0.4, 0.5) is 0 Å². The summed E-state index contributed by atoms with van der Waals surface area (Å²) in [5.41, 5.74) is 1.28. The maximum atomic E-state index is 13.0. The Labute approximate surface area is 170 Å². The Hall–Kier alpha value is -3.09. The summed E-state index contributed by atoms with van der Waals surface area (Å²) in [6.45, 7) is 3.83. The average Bonchev–Trinajstić information content (AvgIpc) is 2.73. The highest BCUT2D eigenvalue weighted by molar-refractivity contribution is 5.99. The van der Waals surface area contributed by atoms with Gasteiger partial charge in [0.1, 0.15) is 0 Å². The van der Waals surface area contributed by atoms with Crippen molar-refractivity contribution in [3.8, 4) is 34.5 Å². The van der Waals surface area contributed by atoms with Crippen molar-refractivity contribution in [1.29, 1.82) is 0 Å². The molecule has 0 aliphatic carbocycles. The van der Waals surface area contributed by atoms with Gasteiger partial charge in [0.25, 0.3) is 0 Å². The molecule has 0 aromatic heterocycles. The molecule has 0 spiro atoms. The van der Waals surface area contributed by atoms with E-state index in [1.54, 1.807) is 12.1 Å². The molecule has 29 heavy (non-hydrogen) atoms. The third-order valence-corrected chi connectivity index (χ3v) is 5.13. The fraction of sp³-hybridized carbons (Fsp3) is 0.409. The Kier molecular flexibility index (Phi) is 7.20. The van der Waals surface area contributed by atoms with Crippen LogP contribution in [0.5, 0.6) is 34.5 Å². The number of methoxy groups -OCH3 is 4. The minimum absolute atomic E-state index is 0.0211. The number of ketones is 1. The maximum absolute atomic E-state index is 13.0. The molecule has 0 bridgehead atoms. The van der Waals surface area contributed by atoms with E-state index in [1.807, 2.05) is 13.8 Å². The van der Waals surface area contributed by atoms with E-state index in [4.69, 9.17) is 18.9 Å². The average molecular weight is 404 g/mol. The van der Waals surface area contributed by atoms with E-state index in [9.17, 15) is 15.0 Å². The molecule has 7 heteroatoms. The van der Waals surface area contributed by atoms with Crippen LogP contribution in [-0.2, 0) is 6.42 Å². The second-order valence-electron chi connectivity index (χ2n) is 6.91. The number of phenols is 2. The van der Waals surface area contributed by atoms with Crippen LogP contribution in [-0.4, -0.2) is 44.4 Å². The van der Waals surface area contributed by atoms with Gasteiger partial charge in [-0.05, 0) is 42.2 Å². The van der Waals surface area contributed by atoms with Gasteiger partial charge in [-0.2, -0.15) is 0 Å². The predicted octanol–water partition coefficient (Wildman–Crippen LogP) is 3.83. The third-order valence-electron chi connectivity index (χ3n) is 5.13. The zero-order valence-corrected chi connectivity index (χ0v) is 17.6. The largest absolute Gasteiger partial charge is 0.502 e. The molecule has 2 N–H and O–H groups in total. The second-order valence-corrected chi connectivity index (χ2v) is 6.91. The van der Waals surface area contributed by atoms with Crippen molar-refractivity contribution < 1.29 is 34.0 Å². The number of phenolic OH excluding ortho intramolecular Hbond substituents is 2. The topological polar surface area (TPSA) is 94.5 Å². The Bertz CT molecular complexity index is 825. The summed E-state index contributed by atoms with van der Waals surface area (Å²) in [5, 5.41) is 20.1. The number of hydrogen-bond acceptors (Lipinski definition) is 7. The van der Waals surface area contributed by atoms with E-state index in [1.165, 1.54) is 40.6 Å². The first-order valence-corrected chi connectivity index (χ1v) is 9.20. The number of benzene rings is 2. The summed E-state index contributed by atoms with van der Waals surface area (Å²) in [6, 6.07) is 6.49. The molecule has 2 aromatic carbocycles. The number of carbonyl (C=O) groups excluding carboxylic acids is 1. The lowest BCUT2D eigenvalue weighted by atomic mass is 9.84. The third kappa shape index (κ3) is 4.67. The number of Topliss-reactive ketones (excluding diaryl/α,β-unsaturated/α-hetero) is 1. The van der Waals surface area contributed by atoms with Gasteiger partial charge in [0.15, 0.2) is 28.8 Å². The van der Waals surface area contributed by atoms with E-state index in [-0.39, 0.29) is 40.6 Å². The van der Waals surface area contributed by atoms with Crippen molar-refractivity contribution in [1.82, 2.24) is 0 Å². The standard InChI is InChI=1S/C22H28O7/c1-12(7-14-8-16(26-3)21(24)17(9-14)27-4)13(2)20(23)15-10-18(28-5)22(25)19(11-15)29-6/h8-13,24-25H,7H2,1-6H3. The van der Waals surface area contributed by atoms with Crippen LogP contribution in [0.15, 0.2) is 24.3 Å². The number of carbonyl (C=O) groups is 1. The van der Waals surface area contributed by atoms with Gasteiger partial charge < -0.3 is 29.2 Å². The minimum Gasteiger partial charge on any atom is -0.502 e. The van der Waals surface area contributed by atoms with Gasteiger partial charge >= 0.3 is 0 Å². The van der Waals surface area contributed by atoms with Crippen LogP contribution in [0.25, 0.3) is 0 Å². The van der Waals surface area contributed by atoms with Gasteiger partial charge in [-0.3, -0.25) is 4.79 Å². The molecule has 0 heterocycles. The highest BCUT2D eigenvalue weighted by atomic mass is 16.5. The van der Waals surface area contributed by atoms with Gasteiger partial charge in [-0.25, -0.2) is 0 Å². The minimum atomic E-state index is -0.320. The first-order chi connectivity index (χ1) is 13.8. The van der Waals surface area contributed by atoms with Crippen LogP contribution >= 0.6 is 0 Å². The van der Waals surface area contributed by atoms with Crippen molar-refractivity contribution in [3.63, 3.8) is 0 Å². The van der Waals surface area contributed by atoms with Gasteiger partial charge in [-0.1, -0.05) is 13.8 Å². The molecule has 7 nitrogen and oxygen atoms in total. The van der Waals surface area contributed by atoms with Crippen molar-refractivity contribution >= 4 is 5.78 Å². The lowest BCUT2D eigenvalue weighted by Crippen LogP contribution is -2.21. The van der Waals surface area contributed by atoms with Crippen LogP contribution in [0.2, 0.25) is 0 Å². The molecule has 158 valence electrons.